The number of amides is 1. The molecule has 0 aliphatic carbocycles. The summed E-state index contributed by atoms with van der Waals surface area (Å²) in [7, 11) is 1.50. The minimum atomic E-state index is -0.631. The van der Waals surface area contributed by atoms with Crippen LogP contribution in [0.15, 0.2) is 36.4 Å². The van der Waals surface area contributed by atoms with E-state index in [9.17, 15) is 14.4 Å². The van der Waals surface area contributed by atoms with Crippen LogP contribution in [-0.4, -0.2) is 38.0 Å². The average Bonchev–Trinajstić information content (AvgIpc) is 3.05. The summed E-state index contributed by atoms with van der Waals surface area (Å²) in [4.78, 5) is 36.6. The van der Waals surface area contributed by atoms with Gasteiger partial charge in [0.1, 0.15) is 0 Å². The van der Waals surface area contributed by atoms with Crippen molar-refractivity contribution in [2.45, 2.75) is 32.6 Å². The molecule has 1 amide bonds. The van der Waals surface area contributed by atoms with Crippen molar-refractivity contribution >= 4 is 23.3 Å². The van der Waals surface area contributed by atoms with Crippen molar-refractivity contribution in [2.24, 2.45) is 0 Å². The number of esters is 1. The van der Waals surface area contributed by atoms with Gasteiger partial charge in [0, 0.05) is 11.3 Å². The summed E-state index contributed by atoms with van der Waals surface area (Å²) in [6.07, 6.45) is 1.93. The first-order valence-electron chi connectivity index (χ1n) is 9.90. The first-order valence-corrected chi connectivity index (χ1v) is 9.90. The maximum absolute atomic E-state index is 12.5. The van der Waals surface area contributed by atoms with Gasteiger partial charge >= 0.3 is 5.97 Å². The molecule has 0 aromatic heterocycles. The molecule has 1 aliphatic heterocycles. The molecule has 0 spiro atoms. The highest BCUT2D eigenvalue weighted by Gasteiger charge is 2.27. The maximum Gasteiger partial charge on any atom is 0.338 e. The van der Waals surface area contributed by atoms with Gasteiger partial charge in [-0.25, -0.2) is 4.79 Å². The first kappa shape index (κ1) is 21.4. The Balaban J connectivity index is 1.63. The van der Waals surface area contributed by atoms with E-state index in [1.165, 1.54) is 13.2 Å². The fourth-order valence-electron chi connectivity index (χ4n) is 3.13. The van der Waals surface area contributed by atoms with E-state index in [1.54, 1.807) is 37.3 Å². The number of fused-ring (bicyclic) bond motifs is 1. The Morgan fingerprint density at radius 3 is 2.57 bits per heavy atom. The Bertz CT molecular complexity index is 968. The molecule has 7 nitrogen and oxygen atoms in total. The molecular weight excluding hydrogens is 386 g/mol. The minimum Gasteiger partial charge on any atom is -0.493 e. The third-order valence-corrected chi connectivity index (χ3v) is 4.98. The molecule has 2 aromatic carbocycles. The van der Waals surface area contributed by atoms with Crippen molar-refractivity contribution in [2.75, 3.05) is 25.6 Å². The van der Waals surface area contributed by atoms with Crippen LogP contribution >= 0.6 is 0 Å². The maximum atomic E-state index is 12.5. The number of unbranched alkanes of at least 4 members (excludes halogenated alkanes) is 1. The van der Waals surface area contributed by atoms with E-state index in [2.05, 4.69) is 12.2 Å². The number of hydrogen-bond donors (Lipinski definition) is 1. The Kier molecular flexibility index (Phi) is 6.72. The molecule has 2 aromatic rings. The van der Waals surface area contributed by atoms with Crippen molar-refractivity contribution < 1.29 is 28.6 Å². The molecule has 7 heteroatoms. The molecule has 158 valence electrons. The predicted molar refractivity (Wildman–Crippen MR) is 111 cm³/mol. The quantitative estimate of drug-likeness (QED) is 0.381. The van der Waals surface area contributed by atoms with Gasteiger partial charge in [0.15, 0.2) is 23.9 Å². The Hall–Kier alpha value is -3.35. The molecule has 1 atom stereocenters. The van der Waals surface area contributed by atoms with Gasteiger partial charge in [-0.1, -0.05) is 13.3 Å². The molecule has 0 unspecified atom stereocenters. The standard InChI is InChI=1S/C23H25NO6/c1-4-5-10-29-20-9-7-16(12-21(20)28-3)23(27)30-13-19(25)15-6-8-18-17(11-15)14(2)22(26)24-18/h6-9,11-12,14H,4-5,10,13H2,1-3H3,(H,24,26)/t14-/m1/s1. The van der Waals surface area contributed by atoms with Gasteiger partial charge in [0.2, 0.25) is 5.91 Å². The summed E-state index contributed by atoms with van der Waals surface area (Å²) in [5.74, 6) is -0.416. The number of anilines is 1. The molecule has 0 saturated carbocycles. The molecule has 1 heterocycles. The molecular formula is C23H25NO6. The highest BCUT2D eigenvalue weighted by molar-refractivity contribution is 6.05. The lowest BCUT2D eigenvalue weighted by Crippen LogP contribution is -2.14. The number of carbonyl (C=O) groups excluding carboxylic acids is 3. The molecule has 30 heavy (non-hydrogen) atoms. The fraction of sp³-hybridized carbons (Fsp3) is 0.348. The number of benzene rings is 2. The Morgan fingerprint density at radius 2 is 1.83 bits per heavy atom. The van der Waals surface area contributed by atoms with Crippen LogP contribution in [0.4, 0.5) is 5.69 Å². The molecule has 1 aliphatic rings. The van der Waals surface area contributed by atoms with Gasteiger partial charge in [-0.05, 0) is 55.3 Å². The molecule has 0 bridgehead atoms. The van der Waals surface area contributed by atoms with E-state index in [-0.39, 0.29) is 23.2 Å². The third kappa shape index (κ3) is 4.62. The highest BCUT2D eigenvalue weighted by atomic mass is 16.5. The Labute approximate surface area is 175 Å². The molecule has 0 saturated heterocycles. The van der Waals surface area contributed by atoms with Crippen LogP contribution < -0.4 is 14.8 Å². The van der Waals surface area contributed by atoms with Crippen LogP contribution in [0, 0.1) is 0 Å². The number of methoxy groups -OCH3 is 1. The second-order valence-electron chi connectivity index (χ2n) is 7.08. The lowest BCUT2D eigenvalue weighted by Gasteiger charge is -2.12. The van der Waals surface area contributed by atoms with E-state index >= 15 is 0 Å². The van der Waals surface area contributed by atoms with Crippen molar-refractivity contribution in [3.8, 4) is 11.5 Å². The van der Waals surface area contributed by atoms with E-state index < -0.39 is 12.6 Å². The van der Waals surface area contributed by atoms with Gasteiger partial charge in [-0.2, -0.15) is 0 Å². The van der Waals surface area contributed by atoms with Gasteiger partial charge in [0.25, 0.3) is 0 Å². The molecule has 3 rings (SSSR count). The summed E-state index contributed by atoms with van der Waals surface area (Å²) in [6.45, 7) is 4.01. The SMILES string of the molecule is CCCCOc1ccc(C(=O)OCC(=O)c2ccc3c(c2)[C@@H](C)C(=O)N3)cc1OC. The summed E-state index contributed by atoms with van der Waals surface area (Å²) in [6, 6.07) is 9.72. The lowest BCUT2D eigenvalue weighted by atomic mass is 9.99. The van der Waals surface area contributed by atoms with Gasteiger partial charge in [-0.15, -0.1) is 0 Å². The average molecular weight is 411 g/mol. The summed E-state index contributed by atoms with van der Waals surface area (Å²) in [5.41, 5.74) is 2.12. The van der Waals surface area contributed by atoms with E-state index in [4.69, 9.17) is 14.2 Å². The number of Topliss-reactive ketones (excluding diaryl/α,β-unsaturated/α-hetero) is 1. The summed E-state index contributed by atoms with van der Waals surface area (Å²) < 4.78 is 16.1. The highest BCUT2D eigenvalue weighted by Crippen LogP contribution is 2.33. The minimum absolute atomic E-state index is 0.0999. The van der Waals surface area contributed by atoms with Crippen molar-refractivity contribution in [3.63, 3.8) is 0 Å². The van der Waals surface area contributed by atoms with Gasteiger partial charge in [0.05, 0.1) is 25.2 Å². The normalized spacial score (nSPS) is 14.6. The smallest absolute Gasteiger partial charge is 0.338 e. The second kappa shape index (κ2) is 9.43. The van der Waals surface area contributed by atoms with E-state index in [0.29, 0.717) is 29.4 Å². The van der Waals surface area contributed by atoms with E-state index in [0.717, 1.165) is 18.4 Å². The van der Waals surface area contributed by atoms with Crippen molar-refractivity contribution in [1.29, 1.82) is 0 Å². The summed E-state index contributed by atoms with van der Waals surface area (Å²) >= 11 is 0. The van der Waals surface area contributed by atoms with E-state index in [1.807, 2.05) is 0 Å². The van der Waals surface area contributed by atoms with Crippen molar-refractivity contribution in [1.82, 2.24) is 0 Å². The monoisotopic (exact) mass is 411 g/mol. The zero-order valence-corrected chi connectivity index (χ0v) is 17.3. The lowest BCUT2D eigenvalue weighted by molar-refractivity contribution is -0.116. The van der Waals surface area contributed by atoms with Crippen LogP contribution in [-0.2, 0) is 9.53 Å². The zero-order valence-electron chi connectivity index (χ0n) is 17.3. The third-order valence-electron chi connectivity index (χ3n) is 4.98. The van der Waals surface area contributed by atoms with Gasteiger partial charge in [-0.3, -0.25) is 9.59 Å². The number of rotatable bonds is 9. The number of ketones is 1. The Morgan fingerprint density at radius 1 is 1.07 bits per heavy atom. The van der Waals surface area contributed by atoms with Crippen LogP contribution in [0.5, 0.6) is 11.5 Å². The summed E-state index contributed by atoms with van der Waals surface area (Å²) in [5, 5.41) is 2.76. The van der Waals surface area contributed by atoms with Crippen molar-refractivity contribution in [3.05, 3.63) is 53.1 Å². The molecule has 0 radical (unpaired) electrons. The second-order valence-corrected chi connectivity index (χ2v) is 7.08. The van der Waals surface area contributed by atoms with Crippen LogP contribution in [0.25, 0.3) is 0 Å². The first-order chi connectivity index (χ1) is 14.4. The number of carbonyl (C=O) groups is 3. The fourth-order valence-corrected chi connectivity index (χ4v) is 3.13. The topological polar surface area (TPSA) is 90.9 Å². The number of ether oxygens (including phenoxy) is 3. The predicted octanol–water partition coefficient (Wildman–Crippen LogP) is 3.97. The van der Waals surface area contributed by atoms with Crippen LogP contribution in [0.1, 0.15) is 58.9 Å². The van der Waals surface area contributed by atoms with Gasteiger partial charge < -0.3 is 19.5 Å². The zero-order chi connectivity index (χ0) is 21.7. The van der Waals surface area contributed by atoms with Crippen LogP contribution in [0.3, 0.4) is 0 Å². The van der Waals surface area contributed by atoms with Crippen LogP contribution in [0.2, 0.25) is 0 Å². The molecule has 0 fully saturated rings. The largest absolute Gasteiger partial charge is 0.493 e. The number of nitrogens with one attached hydrogen (secondary N) is 1. The number of hydrogen-bond acceptors (Lipinski definition) is 6. The molecule has 1 N–H and O–H groups in total.